The molecule has 2 aromatic heterocycles. The second-order valence-corrected chi connectivity index (χ2v) is 5.66. The van der Waals surface area contributed by atoms with E-state index in [1.807, 2.05) is 39.0 Å². The van der Waals surface area contributed by atoms with E-state index >= 15 is 0 Å². The number of nitrogens with one attached hydrogen (secondary N) is 1. The molecule has 2 N–H and O–H groups in total. The standard InChI is InChI=1S/C19H20N2O2/c1-5-6-16-11(2)20-19(17-12(3)21-23-13(17)4)18(16)14-7-9-15(22)10-8-14/h5-10,20,22H,1-4H3/b6-5+. The number of aryl methyl sites for hydroxylation is 3. The van der Waals surface area contributed by atoms with Crippen molar-refractivity contribution in [3.63, 3.8) is 0 Å². The number of phenols is 1. The molecule has 0 bridgehead atoms. The van der Waals surface area contributed by atoms with Crippen LogP contribution in [-0.2, 0) is 0 Å². The molecular formula is C19H20N2O2. The summed E-state index contributed by atoms with van der Waals surface area (Å²) < 4.78 is 5.34. The average Bonchev–Trinajstić information content (AvgIpc) is 3.01. The Bertz CT molecular complexity index is 848. The summed E-state index contributed by atoms with van der Waals surface area (Å²) in [5.74, 6) is 1.04. The van der Waals surface area contributed by atoms with E-state index < -0.39 is 0 Å². The summed E-state index contributed by atoms with van der Waals surface area (Å²) in [6, 6.07) is 7.25. The predicted molar refractivity (Wildman–Crippen MR) is 92.3 cm³/mol. The summed E-state index contributed by atoms with van der Waals surface area (Å²) in [5.41, 5.74) is 7.19. The minimum atomic E-state index is 0.257. The van der Waals surface area contributed by atoms with Gasteiger partial charge in [-0.3, -0.25) is 0 Å². The molecule has 23 heavy (non-hydrogen) atoms. The van der Waals surface area contributed by atoms with Crippen LogP contribution in [0.1, 0.15) is 29.6 Å². The smallest absolute Gasteiger partial charge is 0.143 e. The Morgan fingerprint density at radius 3 is 2.35 bits per heavy atom. The van der Waals surface area contributed by atoms with E-state index in [0.29, 0.717) is 0 Å². The van der Waals surface area contributed by atoms with Gasteiger partial charge < -0.3 is 14.6 Å². The first-order valence-electron chi connectivity index (χ1n) is 7.60. The molecule has 4 heteroatoms. The monoisotopic (exact) mass is 308 g/mol. The van der Waals surface area contributed by atoms with Crippen LogP contribution in [0.3, 0.4) is 0 Å². The molecule has 0 aliphatic rings. The number of nitrogens with zero attached hydrogens (tertiary/aromatic N) is 1. The summed E-state index contributed by atoms with van der Waals surface area (Å²) in [4.78, 5) is 3.48. The molecule has 0 unspecified atom stereocenters. The fraction of sp³-hybridized carbons (Fsp3) is 0.211. The van der Waals surface area contributed by atoms with Crippen LogP contribution in [0.5, 0.6) is 5.75 Å². The van der Waals surface area contributed by atoms with Crippen molar-refractivity contribution in [2.45, 2.75) is 27.7 Å². The lowest BCUT2D eigenvalue weighted by Crippen LogP contribution is -1.87. The molecule has 2 heterocycles. The molecule has 3 aromatic rings. The number of allylic oxidation sites excluding steroid dienone is 1. The van der Waals surface area contributed by atoms with Gasteiger partial charge >= 0.3 is 0 Å². The minimum absolute atomic E-state index is 0.257. The molecule has 0 saturated carbocycles. The molecule has 0 saturated heterocycles. The largest absolute Gasteiger partial charge is 0.508 e. The van der Waals surface area contributed by atoms with Crippen molar-refractivity contribution in [2.75, 3.05) is 0 Å². The zero-order valence-corrected chi connectivity index (χ0v) is 13.8. The molecule has 0 amide bonds. The highest BCUT2D eigenvalue weighted by Crippen LogP contribution is 2.40. The van der Waals surface area contributed by atoms with Crippen molar-refractivity contribution in [1.29, 1.82) is 0 Å². The van der Waals surface area contributed by atoms with Crippen LogP contribution in [-0.4, -0.2) is 15.2 Å². The van der Waals surface area contributed by atoms with Crippen LogP contribution < -0.4 is 0 Å². The summed E-state index contributed by atoms with van der Waals surface area (Å²) in [7, 11) is 0. The van der Waals surface area contributed by atoms with Crippen molar-refractivity contribution in [3.8, 4) is 28.1 Å². The highest BCUT2D eigenvalue weighted by molar-refractivity contribution is 5.90. The zero-order chi connectivity index (χ0) is 16.6. The third-order valence-electron chi connectivity index (χ3n) is 4.01. The Balaban J connectivity index is 2.33. The van der Waals surface area contributed by atoms with Gasteiger partial charge in [0.2, 0.25) is 0 Å². The molecule has 0 fully saturated rings. The maximum atomic E-state index is 9.58. The van der Waals surface area contributed by atoms with Crippen LogP contribution in [0.25, 0.3) is 28.5 Å². The SMILES string of the molecule is C/C=C/c1c(C)[nH]c(-c2c(C)noc2C)c1-c1ccc(O)cc1. The van der Waals surface area contributed by atoms with Crippen molar-refractivity contribution in [1.82, 2.24) is 10.1 Å². The van der Waals surface area contributed by atoms with Gasteiger partial charge in [0.1, 0.15) is 11.5 Å². The number of aromatic amines is 1. The van der Waals surface area contributed by atoms with Gasteiger partial charge in [-0.2, -0.15) is 0 Å². The number of phenolic OH excluding ortho intramolecular Hbond substituents is 1. The van der Waals surface area contributed by atoms with Crippen LogP contribution in [0.15, 0.2) is 34.9 Å². The van der Waals surface area contributed by atoms with E-state index in [1.165, 1.54) is 0 Å². The van der Waals surface area contributed by atoms with Gasteiger partial charge in [-0.15, -0.1) is 0 Å². The molecule has 118 valence electrons. The molecule has 0 spiro atoms. The van der Waals surface area contributed by atoms with Gasteiger partial charge in [0.15, 0.2) is 0 Å². The van der Waals surface area contributed by atoms with E-state index in [9.17, 15) is 5.11 Å². The third-order valence-corrected chi connectivity index (χ3v) is 4.01. The molecule has 0 atom stereocenters. The first kappa shape index (κ1) is 15.2. The normalized spacial score (nSPS) is 11.5. The molecule has 0 aliphatic carbocycles. The third kappa shape index (κ3) is 2.57. The van der Waals surface area contributed by atoms with Gasteiger partial charge in [-0.25, -0.2) is 0 Å². The highest BCUT2D eigenvalue weighted by Gasteiger charge is 2.21. The quantitative estimate of drug-likeness (QED) is 0.715. The zero-order valence-electron chi connectivity index (χ0n) is 13.8. The summed E-state index contributed by atoms with van der Waals surface area (Å²) in [5, 5.41) is 13.6. The van der Waals surface area contributed by atoms with E-state index in [1.54, 1.807) is 12.1 Å². The lowest BCUT2D eigenvalue weighted by molar-refractivity contribution is 0.393. The first-order chi connectivity index (χ1) is 11.0. The number of rotatable bonds is 3. The Kier molecular flexibility index (Phi) is 3.82. The Hall–Kier alpha value is -2.75. The van der Waals surface area contributed by atoms with Crippen LogP contribution in [0, 0.1) is 20.8 Å². The number of hydrogen-bond donors (Lipinski definition) is 2. The van der Waals surface area contributed by atoms with E-state index in [2.05, 4.69) is 23.1 Å². The molecular weight excluding hydrogens is 288 g/mol. The highest BCUT2D eigenvalue weighted by atomic mass is 16.5. The minimum Gasteiger partial charge on any atom is -0.508 e. The number of aromatic hydroxyl groups is 1. The van der Waals surface area contributed by atoms with E-state index in [-0.39, 0.29) is 5.75 Å². The number of hydrogen-bond acceptors (Lipinski definition) is 3. The maximum absolute atomic E-state index is 9.58. The van der Waals surface area contributed by atoms with Crippen LogP contribution in [0.2, 0.25) is 0 Å². The number of benzene rings is 1. The molecule has 1 aromatic carbocycles. The van der Waals surface area contributed by atoms with E-state index in [0.717, 1.165) is 45.1 Å². The van der Waals surface area contributed by atoms with E-state index in [4.69, 9.17) is 4.52 Å². The van der Waals surface area contributed by atoms with Gasteiger partial charge in [0.05, 0.1) is 17.0 Å². The second kappa shape index (κ2) is 5.80. The lowest BCUT2D eigenvalue weighted by Gasteiger charge is -2.07. The second-order valence-electron chi connectivity index (χ2n) is 5.66. The Morgan fingerprint density at radius 1 is 1.09 bits per heavy atom. The maximum Gasteiger partial charge on any atom is 0.143 e. The van der Waals surface area contributed by atoms with Crippen molar-refractivity contribution in [3.05, 3.63) is 53.1 Å². The van der Waals surface area contributed by atoms with Gasteiger partial charge in [-0.1, -0.05) is 29.4 Å². The summed E-state index contributed by atoms with van der Waals surface area (Å²) >= 11 is 0. The summed E-state index contributed by atoms with van der Waals surface area (Å²) in [6.45, 7) is 7.92. The average molecular weight is 308 g/mol. The van der Waals surface area contributed by atoms with Crippen molar-refractivity contribution < 1.29 is 9.63 Å². The van der Waals surface area contributed by atoms with Crippen LogP contribution in [0.4, 0.5) is 0 Å². The number of aromatic nitrogens is 2. The Labute approximate surface area is 135 Å². The predicted octanol–water partition coefficient (Wildman–Crippen LogP) is 5.00. The van der Waals surface area contributed by atoms with Crippen molar-refractivity contribution in [2.24, 2.45) is 0 Å². The van der Waals surface area contributed by atoms with Gasteiger partial charge in [-0.05, 0) is 45.4 Å². The molecule has 4 nitrogen and oxygen atoms in total. The molecule has 0 aliphatic heterocycles. The first-order valence-corrected chi connectivity index (χ1v) is 7.60. The fourth-order valence-electron chi connectivity index (χ4n) is 2.97. The topological polar surface area (TPSA) is 62.0 Å². The molecule has 3 rings (SSSR count). The van der Waals surface area contributed by atoms with Crippen molar-refractivity contribution >= 4 is 6.08 Å². The van der Waals surface area contributed by atoms with Gasteiger partial charge in [0.25, 0.3) is 0 Å². The Morgan fingerprint density at radius 2 is 1.78 bits per heavy atom. The summed E-state index contributed by atoms with van der Waals surface area (Å²) in [6.07, 6.45) is 4.12. The number of H-pyrrole nitrogens is 1. The molecule has 0 radical (unpaired) electrons. The van der Waals surface area contributed by atoms with Crippen LogP contribution >= 0.6 is 0 Å². The fourth-order valence-corrected chi connectivity index (χ4v) is 2.97. The lowest BCUT2D eigenvalue weighted by atomic mass is 9.96. The van der Waals surface area contributed by atoms with Gasteiger partial charge in [0, 0.05) is 16.8 Å².